The minimum atomic E-state index is 0.235. The molecular formula is C11H14N2O2S. The summed E-state index contributed by atoms with van der Waals surface area (Å²) in [4.78, 5) is 0.235. The molecule has 0 spiro atoms. The Morgan fingerprint density at radius 1 is 1.12 bits per heavy atom. The quantitative estimate of drug-likeness (QED) is 0.611. The Morgan fingerprint density at radius 3 is 2.00 bits per heavy atom. The molecule has 0 aliphatic rings. The molecule has 4 N–H and O–H groups in total. The molecule has 5 heteroatoms. The first kappa shape index (κ1) is 12.3. The van der Waals surface area contributed by atoms with Crippen molar-refractivity contribution in [2.75, 3.05) is 14.2 Å². The Kier molecular flexibility index (Phi) is 4.13. The van der Waals surface area contributed by atoms with E-state index in [-0.39, 0.29) is 4.99 Å². The maximum Gasteiger partial charge on any atom is 0.123 e. The van der Waals surface area contributed by atoms with Gasteiger partial charge in [-0.2, -0.15) is 0 Å². The van der Waals surface area contributed by atoms with E-state index in [1.807, 2.05) is 0 Å². The first-order valence-corrected chi connectivity index (χ1v) is 4.97. The Morgan fingerprint density at radius 2 is 1.62 bits per heavy atom. The summed E-state index contributed by atoms with van der Waals surface area (Å²) < 4.78 is 10.3. The van der Waals surface area contributed by atoms with E-state index in [0.29, 0.717) is 17.2 Å². The van der Waals surface area contributed by atoms with Crippen LogP contribution in [0.25, 0.3) is 5.70 Å². The van der Waals surface area contributed by atoms with Crippen LogP contribution in [0.4, 0.5) is 0 Å². The summed E-state index contributed by atoms with van der Waals surface area (Å²) in [5.74, 6) is 1.32. The number of benzene rings is 1. The second-order valence-corrected chi connectivity index (χ2v) is 3.57. The largest absolute Gasteiger partial charge is 0.497 e. The number of thiocarbonyl (C=S) groups is 1. The Hall–Kier alpha value is -1.75. The summed E-state index contributed by atoms with van der Waals surface area (Å²) >= 11 is 4.75. The van der Waals surface area contributed by atoms with Gasteiger partial charge in [0.05, 0.1) is 19.2 Å². The highest BCUT2D eigenvalue weighted by Gasteiger charge is 2.04. The fourth-order valence-corrected chi connectivity index (χ4v) is 1.34. The molecule has 0 saturated heterocycles. The minimum Gasteiger partial charge on any atom is -0.497 e. The first-order valence-electron chi connectivity index (χ1n) is 4.57. The van der Waals surface area contributed by atoms with Gasteiger partial charge in [0.2, 0.25) is 0 Å². The number of rotatable bonds is 4. The zero-order valence-corrected chi connectivity index (χ0v) is 10.0. The summed E-state index contributed by atoms with van der Waals surface area (Å²) in [5.41, 5.74) is 12.4. The van der Waals surface area contributed by atoms with Gasteiger partial charge in [-0.3, -0.25) is 0 Å². The molecule has 1 rings (SSSR count). The molecule has 0 fully saturated rings. The van der Waals surface area contributed by atoms with Crippen molar-refractivity contribution in [3.05, 3.63) is 29.8 Å². The molecule has 0 unspecified atom stereocenters. The second kappa shape index (κ2) is 5.37. The van der Waals surface area contributed by atoms with Crippen LogP contribution in [0, 0.1) is 0 Å². The smallest absolute Gasteiger partial charge is 0.123 e. The van der Waals surface area contributed by atoms with E-state index in [9.17, 15) is 0 Å². The Labute approximate surface area is 99.8 Å². The summed E-state index contributed by atoms with van der Waals surface area (Å²) in [5, 5.41) is 0. The molecule has 0 heterocycles. The maximum atomic E-state index is 5.83. The van der Waals surface area contributed by atoms with E-state index in [0.717, 1.165) is 5.56 Å². The molecular weight excluding hydrogens is 224 g/mol. The van der Waals surface area contributed by atoms with Crippen molar-refractivity contribution in [3.8, 4) is 11.5 Å². The van der Waals surface area contributed by atoms with Crippen molar-refractivity contribution in [1.29, 1.82) is 0 Å². The van der Waals surface area contributed by atoms with Gasteiger partial charge >= 0.3 is 0 Å². The third-order valence-corrected chi connectivity index (χ3v) is 2.10. The molecule has 16 heavy (non-hydrogen) atoms. The number of hydrogen-bond acceptors (Lipinski definition) is 4. The van der Waals surface area contributed by atoms with Crippen LogP contribution in [0.2, 0.25) is 0 Å². The highest BCUT2D eigenvalue weighted by Crippen LogP contribution is 2.25. The van der Waals surface area contributed by atoms with E-state index >= 15 is 0 Å². The molecule has 0 bridgehead atoms. The van der Waals surface area contributed by atoms with Gasteiger partial charge in [-0.1, -0.05) is 12.2 Å². The Bertz CT molecular complexity index is 408. The molecule has 0 saturated carbocycles. The summed E-state index contributed by atoms with van der Waals surface area (Å²) in [6.07, 6.45) is 1.52. The van der Waals surface area contributed by atoms with Crippen LogP contribution in [-0.4, -0.2) is 19.2 Å². The minimum absolute atomic E-state index is 0.235. The van der Waals surface area contributed by atoms with Crippen LogP contribution in [0.15, 0.2) is 24.3 Å². The van der Waals surface area contributed by atoms with Crippen LogP contribution in [0.3, 0.4) is 0 Å². The standard InChI is InChI=1S/C11H14N2O2S/c1-14-8-3-7(4-9(5-8)15-2)10(12)6-11(13)16/h3-6H,12H2,1-2H3,(H2,13,16). The van der Waals surface area contributed by atoms with E-state index in [1.54, 1.807) is 32.4 Å². The van der Waals surface area contributed by atoms with Crippen molar-refractivity contribution < 1.29 is 9.47 Å². The lowest BCUT2D eigenvalue weighted by Crippen LogP contribution is -2.07. The molecule has 86 valence electrons. The zero-order chi connectivity index (χ0) is 12.1. The lowest BCUT2D eigenvalue weighted by atomic mass is 10.1. The molecule has 0 aliphatic carbocycles. The maximum absolute atomic E-state index is 5.83. The number of hydrogen-bond donors (Lipinski definition) is 2. The molecule has 1 aromatic rings. The van der Waals surface area contributed by atoms with Gasteiger partial charge < -0.3 is 20.9 Å². The van der Waals surface area contributed by atoms with E-state index in [2.05, 4.69) is 0 Å². The van der Waals surface area contributed by atoms with Crippen molar-refractivity contribution in [3.63, 3.8) is 0 Å². The predicted molar refractivity (Wildman–Crippen MR) is 68.5 cm³/mol. The van der Waals surface area contributed by atoms with Crippen molar-refractivity contribution in [1.82, 2.24) is 0 Å². The third kappa shape index (κ3) is 3.13. The van der Waals surface area contributed by atoms with Crippen molar-refractivity contribution in [2.24, 2.45) is 11.5 Å². The number of ether oxygens (including phenoxy) is 2. The molecule has 0 amide bonds. The molecule has 0 atom stereocenters. The lowest BCUT2D eigenvalue weighted by molar-refractivity contribution is 0.394. The molecule has 0 aliphatic heterocycles. The van der Waals surface area contributed by atoms with Crippen molar-refractivity contribution in [2.45, 2.75) is 0 Å². The van der Waals surface area contributed by atoms with Gasteiger partial charge in [-0.25, -0.2) is 0 Å². The molecule has 1 aromatic carbocycles. The van der Waals surface area contributed by atoms with Gasteiger partial charge in [-0.15, -0.1) is 0 Å². The average Bonchev–Trinajstić information content (AvgIpc) is 2.27. The monoisotopic (exact) mass is 238 g/mol. The van der Waals surface area contributed by atoms with Gasteiger partial charge in [0.1, 0.15) is 11.5 Å². The Balaban J connectivity index is 3.17. The second-order valence-electron chi connectivity index (χ2n) is 3.10. The van der Waals surface area contributed by atoms with Gasteiger partial charge in [0.15, 0.2) is 0 Å². The van der Waals surface area contributed by atoms with Gasteiger partial charge in [0, 0.05) is 17.3 Å². The zero-order valence-electron chi connectivity index (χ0n) is 9.19. The predicted octanol–water partition coefficient (Wildman–Crippen LogP) is 1.29. The van der Waals surface area contributed by atoms with Crippen LogP contribution in [0.1, 0.15) is 5.56 Å². The van der Waals surface area contributed by atoms with Crippen LogP contribution in [-0.2, 0) is 0 Å². The number of methoxy groups -OCH3 is 2. The summed E-state index contributed by atoms with van der Waals surface area (Å²) in [6, 6.07) is 5.33. The molecule has 0 radical (unpaired) electrons. The fraction of sp³-hybridized carbons (Fsp3) is 0.182. The highest BCUT2D eigenvalue weighted by atomic mass is 32.1. The first-order chi connectivity index (χ1) is 7.56. The van der Waals surface area contributed by atoms with Gasteiger partial charge in [0.25, 0.3) is 0 Å². The SMILES string of the molecule is COc1cc(OC)cc(C(N)=CC(N)=S)c1. The third-order valence-electron chi connectivity index (χ3n) is 1.98. The fourth-order valence-electron chi connectivity index (χ4n) is 1.21. The highest BCUT2D eigenvalue weighted by molar-refractivity contribution is 7.80. The van der Waals surface area contributed by atoms with Gasteiger partial charge in [-0.05, 0) is 18.2 Å². The van der Waals surface area contributed by atoms with Crippen LogP contribution in [0.5, 0.6) is 11.5 Å². The van der Waals surface area contributed by atoms with E-state index in [4.69, 9.17) is 33.2 Å². The topological polar surface area (TPSA) is 70.5 Å². The average molecular weight is 238 g/mol. The molecule has 0 aromatic heterocycles. The summed E-state index contributed by atoms with van der Waals surface area (Å²) in [6.45, 7) is 0. The van der Waals surface area contributed by atoms with Crippen LogP contribution < -0.4 is 20.9 Å². The van der Waals surface area contributed by atoms with E-state index < -0.39 is 0 Å². The van der Waals surface area contributed by atoms with Crippen molar-refractivity contribution >= 4 is 22.9 Å². The lowest BCUT2D eigenvalue weighted by Gasteiger charge is -2.08. The molecule has 4 nitrogen and oxygen atoms in total. The summed E-state index contributed by atoms with van der Waals surface area (Å²) in [7, 11) is 3.15. The van der Waals surface area contributed by atoms with Crippen LogP contribution >= 0.6 is 12.2 Å². The van der Waals surface area contributed by atoms with E-state index in [1.165, 1.54) is 6.08 Å². The normalized spacial score (nSPS) is 11.0. The number of nitrogens with two attached hydrogens (primary N) is 2.